The normalized spacial score (nSPS) is 12.0. The van der Waals surface area contributed by atoms with Crippen molar-refractivity contribution in [2.24, 2.45) is 0 Å². The van der Waals surface area contributed by atoms with Crippen LogP contribution >= 0.6 is 0 Å². The zero-order valence-electron chi connectivity index (χ0n) is 16.6. The van der Waals surface area contributed by atoms with Crippen LogP contribution in [0, 0.1) is 0 Å². The molecule has 1 atom stereocenters. The Morgan fingerprint density at radius 1 is 1.07 bits per heavy atom. The van der Waals surface area contributed by atoms with Crippen molar-refractivity contribution in [3.8, 4) is 11.1 Å². The molecule has 1 heterocycles. The number of methoxy groups -OCH3 is 1. The smallest absolute Gasteiger partial charge is 0.407 e. The Kier molecular flexibility index (Phi) is 7.31. The summed E-state index contributed by atoms with van der Waals surface area (Å²) in [7, 11) is 1.30. The summed E-state index contributed by atoms with van der Waals surface area (Å²) in [6, 6.07) is 9.03. The minimum Gasteiger partial charge on any atom is -0.467 e. The zero-order chi connectivity index (χ0) is 20.6. The Balaban J connectivity index is 1.94. The van der Waals surface area contributed by atoms with E-state index in [-0.39, 0.29) is 13.0 Å². The summed E-state index contributed by atoms with van der Waals surface area (Å²) >= 11 is 0. The van der Waals surface area contributed by atoms with Crippen molar-refractivity contribution >= 4 is 18.0 Å². The number of carbonyl (C=O) groups excluding carboxylic acids is 2. The number of anilines is 1. The largest absolute Gasteiger partial charge is 0.467 e. The number of amides is 1. The summed E-state index contributed by atoms with van der Waals surface area (Å²) in [6.45, 7) is 5.56. The lowest BCUT2D eigenvalue weighted by molar-refractivity contribution is -0.141. The predicted molar refractivity (Wildman–Crippen MR) is 106 cm³/mol. The second kappa shape index (κ2) is 9.68. The third-order valence-electron chi connectivity index (χ3n) is 3.65. The molecule has 0 aliphatic heterocycles. The fourth-order valence-corrected chi connectivity index (χ4v) is 2.36. The lowest BCUT2D eigenvalue weighted by Crippen LogP contribution is -2.38. The van der Waals surface area contributed by atoms with Crippen LogP contribution in [0.15, 0.2) is 42.7 Å². The van der Waals surface area contributed by atoms with Gasteiger partial charge in [-0.1, -0.05) is 30.3 Å². The number of esters is 1. The number of nitrogens with zero attached hydrogens (tertiary/aromatic N) is 2. The van der Waals surface area contributed by atoms with E-state index in [0.29, 0.717) is 5.95 Å². The zero-order valence-corrected chi connectivity index (χ0v) is 16.6. The van der Waals surface area contributed by atoms with Crippen LogP contribution in [-0.2, 0) is 14.3 Å². The molecule has 150 valence electrons. The molecule has 2 aromatic rings. The molecular formula is C20H26N4O4. The van der Waals surface area contributed by atoms with Gasteiger partial charge in [0.25, 0.3) is 0 Å². The molecule has 0 bridgehead atoms. The van der Waals surface area contributed by atoms with Crippen molar-refractivity contribution in [1.82, 2.24) is 15.3 Å². The average Bonchev–Trinajstić information content (AvgIpc) is 2.66. The number of benzene rings is 1. The van der Waals surface area contributed by atoms with Crippen LogP contribution in [0.5, 0.6) is 0 Å². The quantitative estimate of drug-likeness (QED) is 0.705. The van der Waals surface area contributed by atoms with E-state index in [1.54, 1.807) is 33.2 Å². The van der Waals surface area contributed by atoms with Gasteiger partial charge in [-0.15, -0.1) is 0 Å². The maximum atomic E-state index is 12.0. The van der Waals surface area contributed by atoms with Gasteiger partial charge in [0.15, 0.2) is 0 Å². The average molecular weight is 386 g/mol. The van der Waals surface area contributed by atoms with Crippen LogP contribution in [-0.4, -0.2) is 47.3 Å². The number of carbonyl (C=O) groups is 2. The van der Waals surface area contributed by atoms with Crippen molar-refractivity contribution < 1.29 is 19.1 Å². The van der Waals surface area contributed by atoms with Crippen LogP contribution in [0.2, 0.25) is 0 Å². The molecule has 8 heteroatoms. The maximum Gasteiger partial charge on any atom is 0.407 e. The third kappa shape index (κ3) is 6.86. The molecule has 8 nitrogen and oxygen atoms in total. The van der Waals surface area contributed by atoms with Gasteiger partial charge in [-0.25, -0.2) is 19.6 Å². The number of alkyl carbamates (subject to hydrolysis) is 1. The molecule has 0 aliphatic rings. The summed E-state index contributed by atoms with van der Waals surface area (Å²) in [5.41, 5.74) is 1.28. The van der Waals surface area contributed by atoms with Crippen molar-refractivity contribution in [2.45, 2.75) is 38.8 Å². The van der Waals surface area contributed by atoms with Gasteiger partial charge in [-0.3, -0.25) is 0 Å². The molecule has 1 aromatic carbocycles. The number of nitrogens with one attached hydrogen (secondary N) is 2. The highest BCUT2D eigenvalue weighted by molar-refractivity contribution is 5.78. The molecule has 28 heavy (non-hydrogen) atoms. The number of aromatic nitrogens is 2. The lowest BCUT2D eigenvalue weighted by Gasteiger charge is -2.20. The summed E-state index contributed by atoms with van der Waals surface area (Å²) in [4.78, 5) is 32.3. The second-order valence-corrected chi connectivity index (χ2v) is 7.10. The van der Waals surface area contributed by atoms with E-state index in [1.807, 2.05) is 30.3 Å². The Labute approximate surface area is 164 Å². The van der Waals surface area contributed by atoms with Gasteiger partial charge >= 0.3 is 12.1 Å². The van der Waals surface area contributed by atoms with E-state index in [1.165, 1.54) is 7.11 Å². The molecule has 0 unspecified atom stereocenters. The molecule has 0 saturated carbocycles. The first-order valence-electron chi connectivity index (χ1n) is 8.97. The first-order chi connectivity index (χ1) is 13.3. The highest BCUT2D eigenvalue weighted by atomic mass is 16.6. The fraction of sp³-hybridized carbons (Fsp3) is 0.400. The van der Waals surface area contributed by atoms with E-state index >= 15 is 0 Å². The van der Waals surface area contributed by atoms with Gasteiger partial charge in [0.2, 0.25) is 5.95 Å². The van der Waals surface area contributed by atoms with E-state index in [2.05, 4.69) is 20.6 Å². The third-order valence-corrected chi connectivity index (χ3v) is 3.65. The van der Waals surface area contributed by atoms with E-state index < -0.39 is 23.7 Å². The van der Waals surface area contributed by atoms with Crippen molar-refractivity contribution in [2.75, 3.05) is 19.0 Å². The molecule has 0 radical (unpaired) electrons. The van der Waals surface area contributed by atoms with Gasteiger partial charge < -0.3 is 20.1 Å². The highest BCUT2D eigenvalue weighted by Crippen LogP contribution is 2.17. The number of ether oxygens (including phenoxy) is 2. The summed E-state index contributed by atoms with van der Waals surface area (Å²) < 4.78 is 9.98. The standard InChI is InChI=1S/C20H26N4O4/c1-20(2,3)28-19(26)21-11-10-16(17(25)27-4)24-18-22-12-15(13-23-18)14-8-6-5-7-9-14/h5-9,12-13,16H,10-11H2,1-4H3,(H,21,26)(H,22,23,24)/t16-/m0/s1. The first-order valence-corrected chi connectivity index (χ1v) is 8.97. The van der Waals surface area contributed by atoms with E-state index in [4.69, 9.17) is 9.47 Å². The monoisotopic (exact) mass is 386 g/mol. The minimum absolute atomic E-state index is 0.226. The first kappa shape index (κ1) is 21.1. The van der Waals surface area contributed by atoms with Gasteiger partial charge in [0.05, 0.1) is 7.11 Å². The summed E-state index contributed by atoms with van der Waals surface area (Å²) in [5.74, 6) is -0.172. The minimum atomic E-state index is -0.706. The Morgan fingerprint density at radius 2 is 1.71 bits per heavy atom. The van der Waals surface area contributed by atoms with E-state index in [0.717, 1.165) is 11.1 Å². The molecule has 1 amide bonds. The van der Waals surface area contributed by atoms with Crippen LogP contribution in [0.1, 0.15) is 27.2 Å². The fourth-order valence-electron chi connectivity index (χ4n) is 2.36. The van der Waals surface area contributed by atoms with Gasteiger partial charge in [-0.05, 0) is 32.8 Å². The Bertz CT molecular complexity index is 773. The van der Waals surface area contributed by atoms with E-state index in [9.17, 15) is 9.59 Å². The Hall–Kier alpha value is -3.16. The lowest BCUT2D eigenvalue weighted by atomic mass is 10.1. The molecule has 0 spiro atoms. The van der Waals surface area contributed by atoms with Crippen LogP contribution in [0.25, 0.3) is 11.1 Å². The molecule has 0 fully saturated rings. The van der Waals surface area contributed by atoms with Gasteiger partial charge in [0.1, 0.15) is 11.6 Å². The van der Waals surface area contributed by atoms with Crippen LogP contribution in [0.3, 0.4) is 0 Å². The molecule has 2 rings (SSSR count). The molecule has 2 N–H and O–H groups in total. The van der Waals surface area contributed by atoms with Crippen LogP contribution < -0.4 is 10.6 Å². The summed E-state index contributed by atoms with van der Waals surface area (Å²) in [5, 5.41) is 5.56. The predicted octanol–water partition coefficient (Wildman–Crippen LogP) is 3.01. The molecule has 0 saturated heterocycles. The summed E-state index contributed by atoms with van der Waals surface area (Å²) in [6.07, 6.45) is 3.10. The maximum absolute atomic E-state index is 12.0. The molecular weight excluding hydrogens is 360 g/mol. The van der Waals surface area contributed by atoms with Crippen molar-refractivity contribution in [3.05, 3.63) is 42.7 Å². The molecule has 1 aromatic heterocycles. The number of hydrogen-bond acceptors (Lipinski definition) is 7. The number of rotatable bonds is 7. The number of hydrogen-bond donors (Lipinski definition) is 2. The van der Waals surface area contributed by atoms with Gasteiger partial charge in [0, 0.05) is 24.5 Å². The van der Waals surface area contributed by atoms with Crippen LogP contribution in [0.4, 0.5) is 10.7 Å². The SMILES string of the molecule is COC(=O)[C@H](CCNC(=O)OC(C)(C)C)Nc1ncc(-c2ccccc2)cn1. The topological polar surface area (TPSA) is 102 Å². The second-order valence-electron chi connectivity index (χ2n) is 7.10. The highest BCUT2D eigenvalue weighted by Gasteiger charge is 2.21. The van der Waals surface area contributed by atoms with Gasteiger partial charge in [-0.2, -0.15) is 0 Å². The Morgan fingerprint density at radius 3 is 2.29 bits per heavy atom. The van der Waals surface area contributed by atoms with Crippen molar-refractivity contribution in [1.29, 1.82) is 0 Å². The molecule has 0 aliphatic carbocycles. The van der Waals surface area contributed by atoms with Crippen molar-refractivity contribution in [3.63, 3.8) is 0 Å².